The Kier molecular flexibility index (Phi) is 4.18. The van der Waals surface area contributed by atoms with Crippen molar-refractivity contribution in [3.05, 3.63) is 56.7 Å². The maximum absolute atomic E-state index is 4.45. The molecule has 0 saturated carbocycles. The van der Waals surface area contributed by atoms with Gasteiger partial charge in [-0.2, -0.15) is 0 Å². The third kappa shape index (κ3) is 3.30. The molecule has 2 rings (SSSR count). The van der Waals surface area contributed by atoms with E-state index in [2.05, 4.69) is 42.2 Å². The molecule has 0 atom stereocenters. The minimum atomic E-state index is 0.711. The largest absolute Gasteiger partial charge is 0.378 e. The summed E-state index contributed by atoms with van der Waals surface area (Å²) >= 11 is 7.04. The van der Waals surface area contributed by atoms with Crippen molar-refractivity contribution < 1.29 is 0 Å². The first-order chi connectivity index (χ1) is 8.16. The van der Waals surface area contributed by atoms with Gasteiger partial charge in [-0.3, -0.25) is 4.98 Å². The summed E-state index contributed by atoms with van der Waals surface area (Å²) < 4.78 is 2.08. The molecule has 0 aliphatic carbocycles. The highest BCUT2D eigenvalue weighted by Crippen LogP contribution is 2.30. The average Bonchev–Trinajstić information content (AvgIpc) is 2.28. The number of rotatable bonds is 3. The molecule has 17 heavy (non-hydrogen) atoms. The molecule has 88 valence electrons. The Bertz CT molecular complexity index is 506. The van der Waals surface area contributed by atoms with E-state index in [4.69, 9.17) is 0 Å². The van der Waals surface area contributed by atoms with E-state index in [0.717, 1.165) is 26.0 Å². The topological polar surface area (TPSA) is 24.9 Å². The van der Waals surface area contributed by atoms with Crippen molar-refractivity contribution in [2.24, 2.45) is 0 Å². The molecular weight excluding hydrogens is 344 g/mol. The number of benzene rings is 1. The molecule has 1 N–H and O–H groups in total. The van der Waals surface area contributed by atoms with Gasteiger partial charge in [0.05, 0.1) is 17.9 Å². The Morgan fingerprint density at radius 2 is 1.71 bits per heavy atom. The van der Waals surface area contributed by atoms with Crippen molar-refractivity contribution in [3.8, 4) is 0 Å². The number of pyridine rings is 1. The predicted molar refractivity (Wildman–Crippen MR) is 78.1 cm³/mol. The Morgan fingerprint density at radius 3 is 2.35 bits per heavy atom. The van der Waals surface area contributed by atoms with Gasteiger partial charge in [0, 0.05) is 14.6 Å². The minimum Gasteiger partial charge on any atom is -0.378 e. The van der Waals surface area contributed by atoms with E-state index in [1.165, 1.54) is 0 Å². The van der Waals surface area contributed by atoms with E-state index in [9.17, 15) is 0 Å². The SMILES string of the molecule is Cc1cccc(CNc2c(Br)cccc2Br)n1. The van der Waals surface area contributed by atoms with Gasteiger partial charge in [-0.15, -0.1) is 0 Å². The first kappa shape index (κ1) is 12.6. The molecule has 0 aliphatic heterocycles. The molecule has 0 aliphatic rings. The van der Waals surface area contributed by atoms with Crippen molar-refractivity contribution in [1.29, 1.82) is 0 Å². The van der Waals surface area contributed by atoms with Gasteiger partial charge in [0.2, 0.25) is 0 Å². The monoisotopic (exact) mass is 354 g/mol. The van der Waals surface area contributed by atoms with Crippen LogP contribution in [0.2, 0.25) is 0 Å². The zero-order valence-corrected chi connectivity index (χ0v) is 12.5. The summed E-state index contributed by atoms with van der Waals surface area (Å²) in [5.74, 6) is 0. The lowest BCUT2D eigenvalue weighted by Gasteiger charge is -2.10. The van der Waals surface area contributed by atoms with Crippen LogP contribution in [0.1, 0.15) is 11.4 Å². The molecule has 0 fully saturated rings. The summed E-state index contributed by atoms with van der Waals surface area (Å²) in [4.78, 5) is 4.45. The lowest BCUT2D eigenvalue weighted by atomic mass is 10.3. The highest BCUT2D eigenvalue weighted by molar-refractivity contribution is 9.11. The molecule has 0 unspecified atom stereocenters. The standard InChI is InChI=1S/C13H12Br2N2/c1-9-4-2-5-10(17-9)8-16-13-11(14)6-3-7-12(13)15/h2-7,16H,8H2,1H3. The van der Waals surface area contributed by atoms with Crippen molar-refractivity contribution >= 4 is 37.5 Å². The fraction of sp³-hybridized carbons (Fsp3) is 0.154. The number of anilines is 1. The van der Waals surface area contributed by atoms with E-state index < -0.39 is 0 Å². The summed E-state index contributed by atoms with van der Waals surface area (Å²) in [6.07, 6.45) is 0. The van der Waals surface area contributed by atoms with Gasteiger partial charge >= 0.3 is 0 Å². The normalized spacial score (nSPS) is 10.3. The molecule has 1 heterocycles. The molecule has 1 aromatic heterocycles. The minimum absolute atomic E-state index is 0.711. The van der Waals surface area contributed by atoms with Crippen LogP contribution in [0.15, 0.2) is 45.3 Å². The summed E-state index contributed by atoms with van der Waals surface area (Å²) in [5.41, 5.74) is 3.12. The second kappa shape index (κ2) is 5.65. The lowest BCUT2D eigenvalue weighted by molar-refractivity contribution is 1.01. The first-order valence-electron chi connectivity index (χ1n) is 5.27. The molecule has 2 nitrogen and oxygen atoms in total. The summed E-state index contributed by atoms with van der Waals surface area (Å²) in [6, 6.07) is 12.1. The fourth-order valence-electron chi connectivity index (χ4n) is 1.54. The van der Waals surface area contributed by atoms with E-state index in [1.54, 1.807) is 0 Å². The number of hydrogen-bond donors (Lipinski definition) is 1. The molecule has 4 heteroatoms. The Balaban J connectivity index is 2.13. The summed E-state index contributed by atoms with van der Waals surface area (Å²) in [5, 5.41) is 3.37. The Hall–Kier alpha value is -0.870. The van der Waals surface area contributed by atoms with Gasteiger partial charge in [0.15, 0.2) is 0 Å². The van der Waals surface area contributed by atoms with Gasteiger partial charge in [-0.1, -0.05) is 12.1 Å². The van der Waals surface area contributed by atoms with Crippen LogP contribution in [0.3, 0.4) is 0 Å². The maximum Gasteiger partial charge on any atom is 0.0632 e. The highest BCUT2D eigenvalue weighted by atomic mass is 79.9. The van der Waals surface area contributed by atoms with Crippen LogP contribution in [0.25, 0.3) is 0 Å². The summed E-state index contributed by atoms with van der Waals surface area (Å²) in [6.45, 7) is 2.71. The first-order valence-corrected chi connectivity index (χ1v) is 6.86. The smallest absolute Gasteiger partial charge is 0.0632 e. The molecule has 2 aromatic rings. The Labute approximate surface area is 118 Å². The quantitative estimate of drug-likeness (QED) is 0.875. The number of halogens is 2. The van der Waals surface area contributed by atoms with E-state index in [0.29, 0.717) is 6.54 Å². The molecule has 0 bridgehead atoms. The van der Waals surface area contributed by atoms with E-state index in [-0.39, 0.29) is 0 Å². The van der Waals surface area contributed by atoms with Crippen LogP contribution in [0.4, 0.5) is 5.69 Å². The van der Waals surface area contributed by atoms with Gasteiger partial charge in [0.1, 0.15) is 0 Å². The molecule has 1 aromatic carbocycles. The van der Waals surface area contributed by atoms with Crippen molar-refractivity contribution in [2.45, 2.75) is 13.5 Å². The highest BCUT2D eigenvalue weighted by Gasteiger charge is 2.04. The van der Waals surface area contributed by atoms with E-state index >= 15 is 0 Å². The molecule has 0 saturated heterocycles. The van der Waals surface area contributed by atoms with Crippen molar-refractivity contribution in [1.82, 2.24) is 4.98 Å². The third-order valence-corrected chi connectivity index (χ3v) is 3.68. The van der Waals surface area contributed by atoms with Gasteiger partial charge in [-0.25, -0.2) is 0 Å². The third-order valence-electron chi connectivity index (χ3n) is 2.36. The second-order valence-electron chi connectivity index (χ2n) is 3.72. The lowest BCUT2D eigenvalue weighted by Crippen LogP contribution is -2.03. The van der Waals surface area contributed by atoms with Crippen LogP contribution in [0, 0.1) is 6.92 Å². The maximum atomic E-state index is 4.45. The van der Waals surface area contributed by atoms with Crippen LogP contribution >= 0.6 is 31.9 Å². The van der Waals surface area contributed by atoms with Crippen LogP contribution < -0.4 is 5.32 Å². The van der Waals surface area contributed by atoms with Crippen LogP contribution in [-0.2, 0) is 6.54 Å². The zero-order valence-electron chi connectivity index (χ0n) is 9.37. The number of nitrogens with zero attached hydrogens (tertiary/aromatic N) is 1. The van der Waals surface area contributed by atoms with Crippen molar-refractivity contribution in [2.75, 3.05) is 5.32 Å². The number of hydrogen-bond acceptors (Lipinski definition) is 2. The molecular formula is C13H12Br2N2. The van der Waals surface area contributed by atoms with Gasteiger partial charge < -0.3 is 5.32 Å². The van der Waals surface area contributed by atoms with E-state index in [1.807, 2.05) is 43.3 Å². The zero-order chi connectivity index (χ0) is 12.3. The van der Waals surface area contributed by atoms with Gasteiger partial charge in [0.25, 0.3) is 0 Å². The van der Waals surface area contributed by atoms with Crippen LogP contribution in [-0.4, -0.2) is 4.98 Å². The van der Waals surface area contributed by atoms with Gasteiger partial charge in [-0.05, 0) is 63.0 Å². The number of nitrogens with one attached hydrogen (secondary N) is 1. The fourth-order valence-corrected chi connectivity index (χ4v) is 2.82. The molecule has 0 radical (unpaired) electrons. The Morgan fingerprint density at radius 1 is 1.06 bits per heavy atom. The number of aromatic nitrogens is 1. The van der Waals surface area contributed by atoms with Crippen LogP contribution in [0.5, 0.6) is 0 Å². The summed E-state index contributed by atoms with van der Waals surface area (Å²) in [7, 11) is 0. The number of para-hydroxylation sites is 1. The molecule has 0 spiro atoms. The van der Waals surface area contributed by atoms with Crippen molar-refractivity contribution in [3.63, 3.8) is 0 Å². The number of aryl methyl sites for hydroxylation is 1. The predicted octanol–water partition coefficient (Wildman–Crippen LogP) is 4.53. The second-order valence-corrected chi connectivity index (χ2v) is 5.43. The average molecular weight is 356 g/mol. The molecule has 0 amide bonds.